The SMILES string of the molecule is O=C([C@H]1OC[C@@H](N(Cc2ccccc2)Cc2ccccc2)CO1)N1CCc2ccccc2[C@@H]1c1ccc(F)cc1. The smallest absolute Gasteiger partial charge is 0.280 e. The molecule has 2 aliphatic rings. The number of benzene rings is 4. The largest absolute Gasteiger partial charge is 0.343 e. The standard InChI is InChI=1S/C34H33FN2O3/c35-29-17-15-28(16-18-29)32-31-14-8-7-13-27(31)19-20-37(32)33(38)34-39-23-30(24-40-34)36(21-25-9-3-1-4-10-25)22-26-11-5-2-6-12-26/h1-18,30,32,34H,19-24H2/t30-,32-,34+/m0/s1. The predicted molar refractivity (Wildman–Crippen MR) is 152 cm³/mol. The topological polar surface area (TPSA) is 42.0 Å². The summed E-state index contributed by atoms with van der Waals surface area (Å²) in [5.74, 6) is -0.494. The Kier molecular flexibility index (Phi) is 8.00. The maximum atomic E-state index is 13.9. The van der Waals surface area contributed by atoms with Gasteiger partial charge in [0.05, 0.1) is 25.3 Å². The van der Waals surface area contributed by atoms with E-state index in [9.17, 15) is 9.18 Å². The van der Waals surface area contributed by atoms with E-state index in [1.807, 2.05) is 59.5 Å². The Morgan fingerprint density at radius 3 is 1.98 bits per heavy atom. The highest BCUT2D eigenvalue weighted by molar-refractivity contribution is 5.81. The molecular formula is C34H33FN2O3. The van der Waals surface area contributed by atoms with Crippen LogP contribution >= 0.6 is 0 Å². The van der Waals surface area contributed by atoms with Crippen molar-refractivity contribution >= 4 is 5.91 Å². The molecule has 1 atom stereocenters. The lowest BCUT2D eigenvalue weighted by atomic mass is 9.88. The molecule has 0 aromatic heterocycles. The molecule has 5 nitrogen and oxygen atoms in total. The Morgan fingerprint density at radius 2 is 1.35 bits per heavy atom. The first-order chi connectivity index (χ1) is 19.7. The number of carbonyl (C=O) groups excluding carboxylic acids is 1. The van der Waals surface area contributed by atoms with Crippen LogP contribution in [-0.2, 0) is 33.8 Å². The molecule has 0 unspecified atom stereocenters. The van der Waals surface area contributed by atoms with E-state index < -0.39 is 6.29 Å². The summed E-state index contributed by atoms with van der Waals surface area (Å²) in [7, 11) is 0. The Bertz CT molecular complexity index is 1360. The predicted octanol–water partition coefficient (Wildman–Crippen LogP) is 5.74. The minimum Gasteiger partial charge on any atom is -0.343 e. The second-order valence-corrected chi connectivity index (χ2v) is 10.5. The minimum atomic E-state index is -0.972. The van der Waals surface area contributed by atoms with Crippen molar-refractivity contribution in [2.45, 2.75) is 37.9 Å². The van der Waals surface area contributed by atoms with E-state index in [-0.39, 0.29) is 23.8 Å². The van der Waals surface area contributed by atoms with E-state index in [4.69, 9.17) is 9.47 Å². The van der Waals surface area contributed by atoms with Gasteiger partial charge in [0.25, 0.3) is 5.91 Å². The lowest BCUT2D eigenvalue weighted by Crippen LogP contribution is -2.53. The van der Waals surface area contributed by atoms with Gasteiger partial charge >= 0.3 is 0 Å². The maximum Gasteiger partial charge on any atom is 0.280 e. The molecule has 0 saturated carbocycles. The van der Waals surface area contributed by atoms with Gasteiger partial charge in [0.2, 0.25) is 6.29 Å². The van der Waals surface area contributed by atoms with E-state index in [1.54, 1.807) is 12.1 Å². The molecule has 0 aliphatic carbocycles. The number of hydrogen-bond donors (Lipinski definition) is 0. The van der Waals surface area contributed by atoms with Crippen LogP contribution in [-0.4, -0.2) is 47.8 Å². The summed E-state index contributed by atoms with van der Waals surface area (Å²) < 4.78 is 26.0. The second kappa shape index (κ2) is 12.1. The Hall–Kier alpha value is -3.84. The summed E-state index contributed by atoms with van der Waals surface area (Å²) in [5.41, 5.74) is 5.55. The molecular weight excluding hydrogens is 503 g/mol. The quantitative estimate of drug-likeness (QED) is 0.302. The van der Waals surface area contributed by atoms with Gasteiger partial charge < -0.3 is 14.4 Å². The third-order valence-electron chi connectivity index (χ3n) is 7.81. The van der Waals surface area contributed by atoms with Crippen molar-refractivity contribution in [1.82, 2.24) is 9.80 Å². The maximum absolute atomic E-state index is 13.9. The summed E-state index contributed by atoms with van der Waals surface area (Å²) in [5, 5.41) is 0. The minimum absolute atomic E-state index is 0.000519. The van der Waals surface area contributed by atoms with Gasteiger partial charge in [0.1, 0.15) is 5.82 Å². The van der Waals surface area contributed by atoms with Gasteiger partial charge in [0.15, 0.2) is 0 Å². The van der Waals surface area contributed by atoms with Gasteiger partial charge in [-0.2, -0.15) is 0 Å². The summed E-state index contributed by atoms with van der Waals surface area (Å²) in [6.07, 6.45) is -0.226. The molecule has 1 amide bonds. The lowest BCUT2D eigenvalue weighted by Gasteiger charge is -2.41. The molecule has 4 aromatic rings. The van der Waals surface area contributed by atoms with Crippen LogP contribution in [0.3, 0.4) is 0 Å². The first kappa shape index (κ1) is 26.4. The second-order valence-electron chi connectivity index (χ2n) is 10.5. The van der Waals surface area contributed by atoms with Crippen LogP contribution < -0.4 is 0 Å². The van der Waals surface area contributed by atoms with Crippen molar-refractivity contribution < 1.29 is 18.7 Å². The van der Waals surface area contributed by atoms with Crippen molar-refractivity contribution in [3.05, 3.63) is 143 Å². The van der Waals surface area contributed by atoms with Gasteiger partial charge in [-0.15, -0.1) is 0 Å². The molecule has 0 bridgehead atoms. The highest BCUT2D eigenvalue weighted by Crippen LogP contribution is 2.36. The normalized spacial score (nSPS) is 20.8. The number of ether oxygens (including phenoxy) is 2. The number of rotatable bonds is 7. The third-order valence-corrected chi connectivity index (χ3v) is 7.81. The zero-order chi connectivity index (χ0) is 27.3. The van der Waals surface area contributed by atoms with E-state index in [0.717, 1.165) is 30.6 Å². The highest BCUT2D eigenvalue weighted by Gasteiger charge is 2.39. The molecule has 0 radical (unpaired) electrons. The van der Waals surface area contributed by atoms with E-state index in [2.05, 4.69) is 35.2 Å². The zero-order valence-electron chi connectivity index (χ0n) is 22.4. The van der Waals surface area contributed by atoms with Gasteiger partial charge in [-0.05, 0) is 46.4 Å². The lowest BCUT2D eigenvalue weighted by molar-refractivity contribution is -0.216. The number of fused-ring (bicyclic) bond motifs is 1. The van der Waals surface area contributed by atoms with Crippen molar-refractivity contribution in [3.63, 3.8) is 0 Å². The fourth-order valence-electron chi connectivity index (χ4n) is 5.74. The number of nitrogens with zero attached hydrogens (tertiary/aromatic N) is 2. The Labute approximate surface area is 234 Å². The van der Waals surface area contributed by atoms with Gasteiger partial charge in [-0.25, -0.2) is 4.39 Å². The molecule has 6 rings (SSSR count). The van der Waals surface area contributed by atoms with Crippen LogP contribution in [0.15, 0.2) is 109 Å². The molecule has 40 heavy (non-hydrogen) atoms. The summed E-state index contributed by atoms with van der Waals surface area (Å²) in [4.78, 5) is 18.0. The van der Waals surface area contributed by atoms with Crippen molar-refractivity contribution in [3.8, 4) is 0 Å². The first-order valence-corrected chi connectivity index (χ1v) is 13.8. The van der Waals surface area contributed by atoms with Crippen molar-refractivity contribution in [1.29, 1.82) is 0 Å². The van der Waals surface area contributed by atoms with Gasteiger partial charge in [0, 0.05) is 19.6 Å². The molecule has 2 aliphatic heterocycles. The molecule has 1 saturated heterocycles. The number of amides is 1. The average Bonchev–Trinajstić information content (AvgIpc) is 3.01. The van der Waals surface area contributed by atoms with Crippen LogP contribution in [0.2, 0.25) is 0 Å². The first-order valence-electron chi connectivity index (χ1n) is 13.8. The fraction of sp³-hybridized carbons (Fsp3) is 0.265. The molecule has 2 heterocycles. The van der Waals surface area contributed by atoms with Crippen molar-refractivity contribution in [2.24, 2.45) is 0 Å². The van der Waals surface area contributed by atoms with Crippen LogP contribution in [0, 0.1) is 5.82 Å². The number of carbonyl (C=O) groups is 1. The molecule has 204 valence electrons. The fourth-order valence-corrected chi connectivity index (χ4v) is 5.74. The molecule has 0 spiro atoms. The average molecular weight is 537 g/mol. The molecule has 0 N–H and O–H groups in total. The Balaban J connectivity index is 1.18. The van der Waals surface area contributed by atoms with Crippen LogP contribution in [0.25, 0.3) is 0 Å². The van der Waals surface area contributed by atoms with E-state index >= 15 is 0 Å². The molecule has 1 fully saturated rings. The molecule has 6 heteroatoms. The van der Waals surface area contributed by atoms with E-state index in [0.29, 0.717) is 19.8 Å². The van der Waals surface area contributed by atoms with Crippen LogP contribution in [0.1, 0.15) is 33.9 Å². The Morgan fingerprint density at radius 1 is 0.775 bits per heavy atom. The summed E-state index contributed by atoms with van der Waals surface area (Å²) in [6.45, 7) is 2.82. The monoisotopic (exact) mass is 536 g/mol. The summed E-state index contributed by atoms with van der Waals surface area (Å²) >= 11 is 0. The highest BCUT2D eigenvalue weighted by atomic mass is 19.1. The van der Waals surface area contributed by atoms with E-state index in [1.165, 1.54) is 28.8 Å². The van der Waals surface area contributed by atoms with Crippen molar-refractivity contribution in [2.75, 3.05) is 19.8 Å². The summed E-state index contributed by atoms with van der Waals surface area (Å²) in [6, 6.07) is 35.0. The number of hydrogen-bond acceptors (Lipinski definition) is 4. The zero-order valence-corrected chi connectivity index (χ0v) is 22.4. The van der Waals surface area contributed by atoms with Gasteiger partial charge in [-0.3, -0.25) is 9.69 Å². The third kappa shape index (κ3) is 5.85. The molecule has 4 aromatic carbocycles. The number of halogens is 1. The van der Waals surface area contributed by atoms with Crippen LogP contribution in [0.5, 0.6) is 0 Å². The van der Waals surface area contributed by atoms with Gasteiger partial charge in [-0.1, -0.05) is 97.1 Å². The van der Waals surface area contributed by atoms with Crippen LogP contribution in [0.4, 0.5) is 4.39 Å².